The average molecular weight is 300 g/mol. The molecule has 3 nitrogen and oxygen atoms in total. The lowest BCUT2D eigenvalue weighted by atomic mass is 10.1. The Morgan fingerprint density at radius 3 is 2.36 bits per heavy atom. The monoisotopic (exact) mass is 300 g/mol. The van der Waals surface area contributed by atoms with Crippen molar-refractivity contribution in [2.24, 2.45) is 0 Å². The van der Waals surface area contributed by atoms with E-state index in [4.69, 9.17) is 0 Å². The molecule has 4 heteroatoms. The van der Waals surface area contributed by atoms with Gasteiger partial charge in [-0.05, 0) is 55.7 Å². The number of aryl methyl sites for hydroxylation is 1. The zero-order valence-corrected chi connectivity index (χ0v) is 12.9. The fourth-order valence-electron chi connectivity index (χ4n) is 3.01. The molecule has 1 aliphatic rings. The molecule has 2 aromatic rings. The SMILES string of the molecule is Cc1[nH]c(-c2ccc(F)cc2)cc1C(=O)N1CCCCCC1. The maximum absolute atomic E-state index is 13.0. The van der Waals surface area contributed by atoms with E-state index in [1.54, 1.807) is 12.1 Å². The Hall–Kier alpha value is -2.10. The first-order valence-electron chi connectivity index (χ1n) is 7.90. The van der Waals surface area contributed by atoms with E-state index in [1.165, 1.54) is 25.0 Å². The number of H-pyrrole nitrogens is 1. The van der Waals surface area contributed by atoms with Crippen molar-refractivity contribution < 1.29 is 9.18 Å². The summed E-state index contributed by atoms with van der Waals surface area (Å²) in [5.41, 5.74) is 3.34. The van der Waals surface area contributed by atoms with Gasteiger partial charge in [-0.3, -0.25) is 4.79 Å². The van der Waals surface area contributed by atoms with Crippen LogP contribution in [0.4, 0.5) is 4.39 Å². The van der Waals surface area contributed by atoms with Crippen molar-refractivity contribution in [1.29, 1.82) is 0 Å². The van der Waals surface area contributed by atoms with Crippen molar-refractivity contribution in [1.82, 2.24) is 9.88 Å². The number of carbonyl (C=O) groups excluding carboxylic acids is 1. The fraction of sp³-hybridized carbons (Fsp3) is 0.389. The van der Waals surface area contributed by atoms with Crippen LogP contribution in [0.2, 0.25) is 0 Å². The van der Waals surface area contributed by atoms with E-state index >= 15 is 0 Å². The van der Waals surface area contributed by atoms with E-state index in [0.717, 1.165) is 48.4 Å². The van der Waals surface area contributed by atoms with Gasteiger partial charge >= 0.3 is 0 Å². The highest BCUT2D eigenvalue weighted by atomic mass is 19.1. The Balaban J connectivity index is 1.85. The molecule has 3 rings (SSSR count). The van der Waals surface area contributed by atoms with Crippen LogP contribution in [0, 0.1) is 12.7 Å². The minimum Gasteiger partial charge on any atom is -0.358 e. The van der Waals surface area contributed by atoms with Crippen molar-refractivity contribution in [3.05, 3.63) is 47.4 Å². The van der Waals surface area contributed by atoms with E-state index < -0.39 is 0 Å². The van der Waals surface area contributed by atoms with Crippen LogP contribution in [0.15, 0.2) is 30.3 Å². The maximum Gasteiger partial charge on any atom is 0.255 e. The summed E-state index contributed by atoms with van der Waals surface area (Å²) in [7, 11) is 0. The molecule has 1 saturated heterocycles. The number of rotatable bonds is 2. The van der Waals surface area contributed by atoms with Crippen LogP contribution in [0.25, 0.3) is 11.3 Å². The van der Waals surface area contributed by atoms with E-state index in [0.29, 0.717) is 0 Å². The molecule has 2 heterocycles. The molecule has 0 aliphatic carbocycles. The second-order valence-corrected chi connectivity index (χ2v) is 5.93. The number of amides is 1. The first kappa shape index (κ1) is 14.8. The van der Waals surface area contributed by atoms with E-state index in [1.807, 2.05) is 17.9 Å². The minimum absolute atomic E-state index is 0.101. The molecular weight excluding hydrogens is 279 g/mol. The number of nitrogens with zero attached hydrogens (tertiary/aromatic N) is 1. The second kappa shape index (κ2) is 6.34. The number of aromatic nitrogens is 1. The molecule has 1 aromatic heterocycles. The Kier molecular flexibility index (Phi) is 4.27. The Labute approximate surface area is 130 Å². The highest BCUT2D eigenvalue weighted by Gasteiger charge is 2.20. The van der Waals surface area contributed by atoms with Gasteiger partial charge in [0.15, 0.2) is 0 Å². The van der Waals surface area contributed by atoms with Crippen molar-refractivity contribution in [2.75, 3.05) is 13.1 Å². The molecule has 116 valence electrons. The lowest BCUT2D eigenvalue weighted by Crippen LogP contribution is -2.31. The molecule has 0 spiro atoms. The third-order valence-corrected chi connectivity index (χ3v) is 4.29. The number of carbonyl (C=O) groups is 1. The van der Waals surface area contributed by atoms with Gasteiger partial charge in [-0.25, -0.2) is 4.39 Å². The first-order chi connectivity index (χ1) is 10.6. The third-order valence-electron chi connectivity index (χ3n) is 4.29. The summed E-state index contributed by atoms with van der Waals surface area (Å²) in [6, 6.07) is 8.20. The van der Waals surface area contributed by atoms with Crippen LogP contribution in [-0.4, -0.2) is 28.9 Å². The summed E-state index contributed by atoms with van der Waals surface area (Å²) in [6.45, 7) is 3.60. The van der Waals surface area contributed by atoms with Crippen LogP contribution < -0.4 is 0 Å². The lowest BCUT2D eigenvalue weighted by Gasteiger charge is -2.20. The van der Waals surface area contributed by atoms with Crippen molar-refractivity contribution in [3.8, 4) is 11.3 Å². The van der Waals surface area contributed by atoms with Crippen molar-refractivity contribution in [2.45, 2.75) is 32.6 Å². The van der Waals surface area contributed by atoms with Gasteiger partial charge in [0, 0.05) is 24.5 Å². The van der Waals surface area contributed by atoms with Gasteiger partial charge in [0.05, 0.1) is 5.56 Å². The number of halogens is 1. The lowest BCUT2D eigenvalue weighted by molar-refractivity contribution is 0.0761. The summed E-state index contributed by atoms with van der Waals surface area (Å²) in [4.78, 5) is 17.9. The normalized spacial score (nSPS) is 15.6. The highest BCUT2D eigenvalue weighted by molar-refractivity contribution is 5.96. The minimum atomic E-state index is -0.257. The molecule has 22 heavy (non-hydrogen) atoms. The topological polar surface area (TPSA) is 36.1 Å². The predicted molar refractivity (Wildman–Crippen MR) is 85.3 cm³/mol. The molecule has 1 aliphatic heterocycles. The van der Waals surface area contributed by atoms with Crippen LogP contribution in [0.5, 0.6) is 0 Å². The smallest absolute Gasteiger partial charge is 0.255 e. The molecule has 0 bridgehead atoms. The molecule has 1 fully saturated rings. The van der Waals surface area contributed by atoms with E-state index in [-0.39, 0.29) is 11.7 Å². The van der Waals surface area contributed by atoms with Crippen LogP contribution in [0.1, 0.15) is 41.7 Å². The Morgan fingerprint density at radius 1 is 1.09 bits per heavy atom. The Morgan fingerprint density at radius 2 is 1.73 bits per heavy atom. The summed E-state index contributed by atoms with van der Waals surface area (Å²) >= 11 is 0. The molecule has 1 N–H and O–H groups in total. The number of nitrogens with one attached hydrogen (secondary N) is 1. The molecule has 0 unspecified atom stereocenters. The number of aromatic amines is 1. The zero-order chi connectivity index (χ0) is 15.5. The summed E-state index contributed by atoms with van der Waals surface area (Å²) in [6.07, 6.45) is 4.58. The van der Waals surface area contributed by atoms with Gasteiger partial charge < -0.3 is 9.88 Å². The summed E-state index contributed by atoms with van der Waals surface area (Å²) in [5.74, 6) is -0.156. The third kappa shape index (κ3) is 3.06. The van der Waals surface area contributed by atoms with Crippen LogP contribution >= 0.6 is 0 Å². The zero-order valence-electron chi connectivity index (χ0n) is 12.9. The van der Waals surface area contributed by atoms with Gasteiger partial charge in [-0.2, -0.15) is 0 Å². The van der Waals surface area contributed by atoms with Gasteiger partial charge in [0.25, 0.3) is 5.91 Å². The van der Waals surface area contributed by atoms with Crippen molar-refractivity contribution in [3.63, 3.8) is 0 Å². The predicted octanol–water partition coefficient (Wildman–Crippen LogP) is 4.15. The van der Waals surface area contributed by atoms with E-state index in [2.05, 4.69) is 4.98 Å². The maximum atomic E-state index is 13.0. The Bertz CT molecular complexity index is 652. The number of hydrogen-bond donors (Lipinski definition) is 1. The number of likely N-dealkylation sites (tertiary alicyclic amines) is 1. The van der Waals surface area contributed by atoms with Crippen LogP contribution in [-0.2, 0) is 0 Å². The summed E-state index contributed by atoms with van der Waals surface area (Å²) < 4.78 is 13.0. The quantitative estimate of drug-likeness (QED) is 0.888. The summed E-state index contributed by atoms with van der Waals surface area (Å²) in [5, 5.41) is 0. The van der Waals surface area contributed by atoms with Crippen LogP contribution in [0.3, 0.4) is 0 Å². The number of hydrogen-bond acceptors (Lipinski definition) is 1. The molecule has 0 radical (unpaired) electrons. The van der Waals surface area contributed by atoms with Crippen molar-refractivity contribution >= 4 is 5.91 Å². The largest absolute Gasteiger partial charge is 0.358 e. The van der Waals surface area contributed by atoms with Gasteiger partial charge in [-0.15, -0.1) is 0 Å². The van der Waals surface area contributed by atoms with Gasteiger partial charge in [0.2, 0.25) is 0 Å². The molecule has 1 aromatic carbocycles. The second-order valence-electron chi connectivity index (χ2n) is 5.93. The molecule has 0 saturated carbocycles. The average Bonchev–Trinajstić information content (AvgIpc) is 2.74. The first-order valence-corrected chi connectivity index (χ1v) is 7.90. The standard InChI is InChI=1S/C18H21FN2O/c1-13-16(18(22)21-10-4-2-3-5-11-21)12-17(20-13)14-6-8-15(19)9-7-14/h6-9,12,20H,2-5,10-11H2,1H3. The fourth-order valence-corrected chi connectivity index (χ4v) is 3.01. The molecule has 1 amide bonds. The molecular formula is C18H21FN2O. The van der Waals surface area contributed by atoms with Gasteiger partial charge in [-0.1, -0.05) is 12.8 Å². The highest BCUT2D eigenvalue weighted by Crippen LogP contribution is 2.24. The molecule has 0 atom stereocenters. The van der Waals surface area contributed by atoms with E-state index in [9.17, 15) is 9.18 Å². The number of benzene rings is 1. The van der Waals surface area contributed by atoms with Gasteiger partial charge in [0.1, 0.15) is 5.82 Å².